The number of aromatic amines is 1. The highest BCUT2D eigenvalue weighted by atomic mass is 32.2. The molecule has 0 aliphatic rings. The molecule has 1 aromatic heterocycles. The van der Waals surface area contributed by atoms with Gasteiger partial charge < -0.3 is 9.17 Å². The van der Waals surface area contributed by atoms with Crippen LogP contribution in [0, 0.1) is 5.82 Å². The fourth-order valence-electron chi connectivity index (χ4n) is 1.25. The molecule has 0 bridgehead atoms. The molecule has 0 radical (unpaired) electrons. The highest BCUT2D eigenvalue weighted by Crippen LogP contribution is 2.28. The molecule has 1 heterocycles. The zero-order valence-electron chi connectivity index (χ0n) is 7.00. The van der Waals surface area contributed by atoms with E-state index >= 15 is 0 Å². The molecular formula is C9H8FNOS. The number of hydrogen-bond acceptors (Lipinski definition) is 2. The van der Waals surface area contributed by atoms with E-state index in [1.165, 1.54) is 18.1 Å². The number of fused-ring (bicyclic) bond motifs is 1. The molecule has 68 valence electrons. The normalized spacial score (nSPS) is 10.6. The molecular weight excluding hydrogens is 189 g/mol. The van der Waals surface area contributed by atoms with Crippen molar-refractivity contribution < 1.29 is 8.57 Å². The van der Waals surface area contributed by atoms with Gasteiger partial charge in [-0.3, -0.25) is 0 Å². The molecule has 0 aliphatic heterocycles. The van der Waals surface area contributed by atoms with E-state index in [1.54, 1.807) is 12.3 Å². The van der Waals surface area contributed by atoms with Crippen LogP contribution >= 0.6 is 12.0 Å². The average Bonchev–Trinajstić information content (AvgIpc) is 2.51. The monoisotopic (exact) mass is 197 g/mol. The second kappa shape index (κ2) is 3.30. The Kier molecular flexibility index (Phi) is 2.14. The molecule has 13 heavy (non-hydrogen) atoms. The van der Waals surface area contributed by atoms with Crippen molar-refractivity contribution in [1.29, 1.82) is 0 Å². The van der Waals surface area contributed by atoms with Crippen LogP contribution in [0.4, 0.5) is 4.39 Å². The van der Waals surface area contributed by atoms with Gasteiger partial charge in [0.1, 0.15) is 5.82 Å². The summed E-state index contributed by atoms with van der Waals surface area (Å²) in [5.74, 6) is 0.412. The third-order valence-electron chi connectivity index (χ3n) is 1.80. The predicted molar refractivity (Wildman–Crippen MR) is 52.4 cm³/mol. The van der Waals surface area contributed by atoms with E-state index in [2.05, 4.69) is 4.98 Å². The standard InChI is InChI=1S/C9H8FNOS/c1-13-12-8-5-11-9-6(8)3-2-4-7(9)10/h2-5,11H,1H3. The van der Waals surface area contributed by atoms with Crippen LogP contribution in [-0.2, 0) is 0 Å². The molecule has 0 spiro atoms. The first-order valence-electron chi connectivity index (χ1n) is 3.79. The minimum absolute atomic E-state index is 0.256. The number of rotatable bonds is 2. The summed E-state index contributed by atoms with van der Waals surface area (Å²) in [4.78, 5) is 2.83. The average molecular weight is 197 g/mol. The first-order chi connectivity index (χ1) is 6.33. The van der Waals surface area contributed by atoms with Gasteiger partial charge in [0.05, 0.1) is 17.6 Å². The number of benzene rings is 1. The second-order valence-electron chi connectivity index (χ2n) is 2.57. The fourth-order valence-corrected chi connectivity index (χ4v) is 1.57. The SMILES string of the molecule is CSOc1c[nH]c2c(F)cccc12. The van der Waals surface area contributed by atoms with Crippen molar-refractivity contribution in [3.8, 4) is 5.75 Å². The van der Waals surface area contributed by atoms with Gasteiger partial charge in [-0.25, -0.2) is 4.39 Å². The molecule has 2 nitrogen and oxygen atoms in total. The van der Waals surface area contributed by atoms with Crippen LogP contribution in [0.15, 0.2) is 24.4 Å². The van der Waals surface area contributed by atoms with Crippen molar-refractivity contribution in [3.63, 3.8) is 0 Å². The van der Waals surface area contributed by atoms with Gasteiger partial charge in [0.15, 0.2) is 5.75 Å². The fraction of sp³-hybridized carbons (Fsp3) is 0.111. The number of nitrogens with one attached hydrogen (secondary N) is 1. The third kappa shape index (κ3) is 1.37. The molecule has 0 unspecified atom stereocenters. The Hall–Kier alpha value is -1.16. The lowest BCUT2D eigenvalue weighted by Crippen LogP contribution is -1.77. The van der Waals surface area contributed by atoms with Crippen molar-refractivity contribution >= 4 is 22.9 Å². The number of aromatic nitrogens is 1. The van der Waals surface area contributed by atoms with Gasteiger partial charge in [-0.1, -0.05) is 6.07 Å². The van der Waals surface area contributed by atoms with Crippen LogP contribution < -0.4 is 4.18 Å². The zero-order valence-corrected chi connectivity index (χ0v) is 7.82. The maximum Gasteiger partial charge on any atom is 0.162 e. The lowest BCUT2D eigenvalue weighted by atomic mass is 10.2. The van der Waals surface area contributed by atoms with E-state index in [4.69, 9.17) is 4.18 Å². The Balaban J connectivity index is 2.61. The van der Waals surface area contributed by atoms with Crippen LogP contribution in [0.3, 0.4) is 0 Å². The first-order valence-corrected chi connectivity index (χ1v) is 4.94. The molecule has 0 fully saturated rings. The maximum atomic E-state index is 13.1. The van der Waals surface area contributed by atoms with Gasteiger partial charge in [-0.2, -0.15) is 0 Å². The molecule has 0 saturated carbocycles. The molecule has 4 heteroatoms. The van der Waals surface area contributed by atoms with Crippen LogP contribution in [0.5, 0.6) is 5.75 Å². The Labute approximate surface area is 79.3 Å². The lowest BCUT2D eigenvalue weighted by molar-refractivity contribution is 0.637. The zero-order chi connectivity index (χ0) is 9.26. The van der Waals surface area contributed by atoms with Crippen molar-refractivity contribution in [2.45, 2.75) is 0 Å². The molecule has 0 atom stereocenters. The van der Waals surface area contributed by atoms with E-state index in [-0.39, 0.29) is 5.82 Å². The van der Waals surface area contributed by atoms with Crippen LogP contribution in [0.25, 0.3) is 10.9 Å². The minimum Gasteiger partial charge on any atom is -0.424 e. The van der Waals surface area contributed by atoms with E-state index in [1.807, 2.05) is 12.3 Å². The van der Waals surface area contributed by atoms with Gasteiger partial charge in [-0.05, 0) is 12.1 Å². The summed E-state index contributed by atoms with van der Waals surface area (Å²) in [6, 6.07) is 4.90. The van der Waals surface area contributed by atoms with Crippen LogP contribution in [0.1, 0.15) is 0 Å². The number of hydrogen-bond donors (Lipinski definition) is 1. The van der Waals surface area contributed by atoms with Crippen LogP contribution in [-0.4, -0.2) is 11.2 Å². The maximum absolute atomic E-state index is 13.1. The molecule has 2 aromatic rings. The van der Waals surface area contributed by atoms with Crippen LogP contribution in [0.2, 0.25) is 0 Å². The van der Waals surface area contributed by atoms with Crippen molar-refractivity contribution in [1.82, 2.24) is 4.98 Å². The number of para-hydroxylation sites is 1. The highest BCUT2D eigenvalue weighted by molar-refractivity contribution is 7.94. The molecule has 1 aromatic carbocycles. The Morgan fingerprint density at radius 1 is 1.46 bits per heavy atom. The van der Waals surface area contributed by atoms with Gasteiger partial charge in [0, 0.05) is 17.8 Å². The van der Waals surface area contributed by atoms with Gasteiger partial charge in [0.2, 0.25) is 0 Å². The van der Waals surface area contributed by atoms with E-state index < -0.39 is 0 Å². The van der Waals surface area contributed by atoms with Gasteiger partial charge in [-0.15, -0.1) is 0 Å². The number of H-pyrrole nitrogens is 1. The van der Waals surface area contributed by atoms with Gasteiger partial charge >= 0.3 is 0 Å². The lowest BCUT2D eigenvalue weighted by Gasteiger charge is -1.97. The molecule has 0 aliphatic carbocycles. The van der Waals surface area contributed by atoms with Crippen molar-refractivity contribution in [3.05, 3.63) is 30.2 Å². The first kappa shape index (κ1) is 8.44. The third-order valence-corrected chi connectivity index (χ3v) is 2.15. The molecule has 1 N–H and O–H groups in total. The largest absolute Gasteiger partial charge is 0.424 e. The Morgan fingerprint density at radius 2 is 2.31 bits per heavy atom. The predicted octanol–water partition coefficient (Wildman–Crippen LogP) is 2.96. The molecule has 2 rings (SSSR count). The van der Waals surface area contributed by atoms with E-state index in [0.717, 1.165) is 5.39 Å². The van der Waals surface area contributed by atoms with Crippen molar-refractivity contribution in [2.24, 2.45) is 0 Å². The second-order valence-corrected chi connectivity index (χ2v) is 3.07. The summed E-state index contributed by atoms with van der Waals surface area (Å²) < 4.78 is 18.4. The smallest absolute Gasteiger partial charge is 0.162 e. The van der Waals surface area contributed by atoms with Gasteiger partial charge in [0.25, 0.3) is 0 Å². The Morgan fingerprint density at radius 3 is 3.08 bits per heavy atom. The quantitative estimate of drug-likeness (QED) is 0.749. The minimum atomic E-state index is -0.256. The molecule has 0 saturated heterocycles. The number of halogens is 1. The summed E-state index contributed by atoms with van der Waals surface area (Å²) in [6.45, 7) is 0. The topological polar surface area (TPSA) is 25.0 Å². The molecule has 0 amide bonds. The highest BCUT2D eigenvalue weighted by Gasteiger charge is 2.07. The summed E-state index contributed by atoms with van der Waals surface area (Å²) >= 11 is 1.24. The summed E-state index contributed by atoms with van der Waals surface area (Å²) in [5, 5.41) is 0.773. The van der Waals surface area contributed by atoms with Crippen molar-refractivity contribution in [2.75, 3.05) is 6.26 Å². The van der Waals surface area contributed by atoms with E-state index in [0.29, 0.717) is 11.3 Å². The summed E-state index contributed by atoms with van der Waals surface area (Å²) in [5.41, 5.74) is 0.492. The van der Waals surface area contributed by atoms with E-state index in [9.17, 15) is 4.39 Å². The summed E-state index contributed by atoms with van der Waals surface area (Å²) in [6.07, 6.45) is 3.47. The summed E-state index contributed by atoms with van der Waals surface area (Å²) in [7, 11) is 0. The Bertz CT molecular complexity index is 426.